The van der Waals surface area contributed by atoms with E-state index in [4.69, 9.17) is 9.84 Å². The van der Waals surface area contributed by atoms with E-state index in [-0.39, 0.29) is 12.3 Å². The normalized spacial score (nSPS) is 11.7. The standard InChI is InChI=1S/C16H20BrNO4/c1-2-9-22-10-3-4-15(19)18-14(11-16(20)21)12-5-7-13(17)8-6-12/h2,5-8,14H,1,3-4,9-11H2,(H,18,19)(H,20,21). The highest BCUT2D eigenvalue weighted by atomic mass is 79.9. The van der Waals surface area contributed by atoms with Gasteiger partial charge in [-0.15, -0.1) is 6.58 Å². The monoisotopic (exact) mass is 369 g/mol. The van der Waals surface area contributed by atoms with Gasteiger partial charge in [0, 0.05) is 17.5 Å². The van der Waals surface area contributed by atoms with E-state index in [2.05, 4.69) is 27.8 Å². The number of carboxylic acids is 1. The molecular weight excluding hydrogens is 350 g/mol. The topological polar surface area (TPSA) is 75.6 Å². The smallest absolute Gasteiger partial charge is 0.305 e. The van der Waals surface area contributed by atoms with Gasteiger partial charge < -0.3 is 15.2 Å². The van der Waals surface area contributed by atoms with Crippen molar-refractivity contribution in [3.05, 3.63) is 47.0 Å². The molecule has 22 heavy (non-hydrogen) atoms. The minimum absolute atomic E-state index is 0.152. The van der Waals surface area contributed by atoms with Crippen LogP contribution >= 0.6 is 15.9 Å². The number of hydrogen-bond acceptors (Lipinski definition) is 3. The van der Waals surface area contributed by atoms with Crippen molar-refractivity contribution in [1.29, 1.82) is 0 Å². The van der Waals surface area contributed by atoms with Crippen LogP contribution in [0.25, 0.3) is 0 Å². The number of carbonyl (C=O) groups excluding carboxylic acids is 1. The van der Waals surface area contributed by atoms with Gasteiger partial charge in [0.05, 0.1) is 19.1 Å². The van der Waals surface area contributed by atoms with Crippen LogP contribution in [-0.4, -0.2) is 30.2 Å². The van der Waals surface area contributed by atoms with Crippen molar-refractivity contribution in [1.82, 2.24) is 5.32 Å². The van der Waals surface area contributed by atoms with Crippen LogP contribution in [0.3, 0.4) is 0 Å². The molecule has 0 aliphatic heterocycles. The number of amides is 1. The zero-order valence-electron chi connectivity index (χ0n) is 12.3. The van der Waals surface area contributed by atoms with E-state index in [9.17, 15) is 9.59 Å². The van der Waals surface area contributed by atoms with Crippen LogP contribution in [0.15, 0.2) is 41.4 Å². The van der Waals surface area contributed by atoms with Crippen molar-refractivity contribution in [3.8, 4) is 0 Å². The van der Waals surface area contributed by atoms with Gasteiger partial charge in [-0.05, 0) is 24.1 Å². The van der Waals surface area contributed by atoms with Crippen molar-refractivity contribution in [2.24, 2.45) is 0 Å². The fourth-order valence-corrected chi connectivity index (χ4v) is 2.15. The predicted molar refractivity (Wildman–Crippen MR) is 87.5 cm³/mol. The van der Waals surface area contributed by atoms with Gasteiger partial charge in [-0.1, -0.05) is 34.1 Å². The summed E-state index contributed by atoms with van der Waals surface area (Å²) in [5.41, 5.74) is 0.766. The van der Waals surface area contributed by atoms with E-state index in [0.717, 1.165) is 10.0 Å². The van der Waals surface area contributed by atoms with Gasteiger partial charge in [0.25, 0.3) is 0 Å². The van der Waals surface area contributed by atoms with Crippen LogP contribution < -0.4 is 5.32 Å². The van der Waals surface area contributed by atoms with Gasteiger partial charge in [-0.2, -0.15) is 0 Å². The third kappa shape index (κ3) is 7.38. The highest BCUT2D eigenvalue weighted by Crippen LogP contribution is 2.20. The summed E-state index contributed by atoms with van der Waals surface area (Å²) in [6.07, 6.45) is 2.38. The summed E-state index contributed by atoms with van der Waals surface area (Å²) in [4.78, 5) is 22.9. The van der Waals surface area contributed by atoms with Crippen LogP contribution in [-0.2, 0) is 14.3 Å². The first-order chi connectivity index (χ1) is 10.5. The Morgan fingerprint density at radius 2 is 2.05 bits per heavy atom. The molecular formula is C16H20BrNO4. The van der Waals surface area contributed by atoms with Crippen LogP contribution in [0.4, 0.5) is 0 Å². The predicted octanol–water partition coefficient (Wildman–Crippen LogP) is 3.06. The maximum atomic E-state index is 11.9. The lowest BCUT2D eigenvalue weighted by atomic mass is 10.0. The molecule has 120 valence electrons. The summed E-state index contributed by atoms with van der Waals surface area (Å²) < 4.78 is 6.10. The lowest BCUT2D eigenvalue weighted by Gasteiger charge is -2.17. The number of rotatable bonds is 10. The Kier molecular flexibility index (Phi) is 8.47. The van der Waals surface area contributed by atoms with E-state index in [1.165, 1.54) is 0 Å². The molecule has 1 unspecified atom stereocenters. The number of hydrogen-bond donors (Lipinski definition) is 2. The summed E-state index contributed by atoms with van der Waals surface area (Å²) in [7, 11) is 0. The molecule has 0 aliphatic rings. The Morgan fingerprint density at radius 1 is 1.36 bits per heavy atom. The molecule has 0 aliphatic carbocycles. The fraction of sp³-hybridized carbons (Fsp3) is 0.375. The summed E-state index contributed by atoms with van der Waals surface area (Å²) in [5.74, 6) is -1.14. The number of benzene rings is 1. The Bertz CT molecular complexity index is 501. The Hall–Kier alpha value is -1.66. The summed E-state index contributed by atoms with van der Waals surface area (Å²) in [5, 5.41) is 11.8. The SMILES string of the molecule is C=CCOCCCC(=O)NC(CC(=O)O)c1ccc(Br)cc1. The Morgan fingerprint density at radius 3 is 2.64 bits per heavy atom. The van der Waals surface area contributed by atoms with Gasteiger partial charge in [0.1, 0.15) is 0 Å². The molecule has 5 nitrogen and oxygen atoms in total. The number of carbonyl (C=O) groups is 2. The van der Waals surface area contributed by atoms with Crippen LogP contribution in [0.2, 0.25) is 0 Å². The van der Waals surface area contributed by atoms with E-state index in [1.807, 2.05) is 12.1 Å². The molecule has 0 spiro atoms. The average Bonchev–Trinajstić information content (AvgIpc) is 2.46. The molecule has 2 N–H and O–H groups in total. The molecule has 0 saturated heterocycles. The van der Waals surface area contributed by atoms with Crippen molar-refractivity contribution in [2.75, 3.05) is 13.2 Å². The lowest BCUT2D eigenvalue weighted by Crippen LogP contribution is -2.30. The second-order valence-electron chi connectivity index (χ2n) is 4.74. The van der Waals surface area contributed by atoms with Crippen molar-refractivity contribution < 1.29 is 19.4 Å². The van der Waals surface area contributed by atoms with E-state index in [0.29, 0.717) is 26.1 Å². The van der Waals surface area contributed by atoms with Crippen LogP contribution in [0.1, 0.15) is 30.9 Å². The lowest BCUT2D eigenvalue weighted by molar-refractivity contribution is -0.137. The van der Waals surface area contributed by atoms with Crippen molar-refractivity contribution in [2.45, 2.75) is 25.3 Å². The zero-order chi connectivity index (χ0) is 16.4. The first kappa shape index (κ1) is 18.4. The Labute approximate surface area is 138 Å². The molecule has 1 rings (SSSR count). The molecule has 1 atom stereocenters. The van der Waals surface area contributed by atoms with Gasteiger partial charge in [0.15, 0.2) is 0 Å². The highest BCUT2D eigenvalue weighted by Gasteiger charge is 2.17. The number of nitrogens with one attached hydrogen (secondary N) is 1. The summed E-state index contributed by atoms with van der Waals surface area (Å²) >= 11 is 3.33. The first-order valence-corrected chi connectivity index (χ1v) is 7.77. The molecule has 0 radical (unpaired) electrons. The average molecular weight is 370 g/mol. The second kappa shape index (κ2) is 10.1. The Balaban J connectivity index is 2.53. The molecule has 0 heterocycles. The quantitative estimate of drug-likeness (QED) is 0.490. The zero-order valence-corrected chi connectivity index (χ0v) is 13.8. The van der Waals surface area contributed by atoms with Crippen molar-refractivity contribution >= 4 is 27.8 Å². The molecule has 1 aromatic rings. The van der Waals surface area contributed by atoms with Gasteiger partial charge in [-0.3, -0.25) is 9.59 Å². The van der Waals surface area contributed by atoms with Gasteiger partial charge in [0.2, 0.25) is 5.91 Å². The minimum atomic E-state index is -0.956. The third-order valence-corrected chi connectivity index (χ3v) is 3.44. The van der Waals surface area contributed by atoms with Crippen LogP contribution in [0, 0.1) is 0 Å². The second-order valence-corrected chi connectivity index (χ2v) is 5.65. The first-order valence-electron chi connectivity index (χ1n) is 6.98. The fourth-order valence-electron chi connectivity index (χ4n) is 1.89. The molecule has 0 bridgehead atoms. The summed E-state index contributed by atoms with van der Waals surface area (Å²) in [6, 6.07) is 6.70. The number of carboxylic acid groups (broad SMARTS) is 1. The highest BCUT2D eigenvalue weighted by molar-refractivity contribution is 9.10. The maximum Gasteiger partial charge on any atom is 0.305 e. The molecule has 6 heteroatoms. The number of aliphatic carboxylic acids is 1. The molecule has 1 aromatic carbocycles. The molecule has 0 fully saturated rings. The number of halogens is 1. The molecule has 1 amide bonds. The van der Waals surface area contributed by atoms with E-state index in [1.54, 1.807) is 18.2 Å². The van der Waals surface area contributed by atoms with Gasteiger partial charge in [-0.25, -0.2) is 0 Å². The van der Waals surface area contributed by atoms with E-state index >= 15 is 0 Å². The third-order valence-electron chi connectivity index (χ3n) is 2.91. The summed E-state index contributed by atoms with van der Waals surface area (Å²) in [6.45, 7) is 4.47. The largest absolute Gasteiger partial charge is 0.481 e. The van der Waals surface area contributed by atoms with Gasteiger partial charge >= 0.3 is 5.97 Å². The molecule has 0 saturated carbocycles. The minimum Gasteiger partial charge on any atom is -0.481 e. The van der Waals surface area contributed by atoms with E-state index < -0.39 is 12.0 Å². The number of ether oxygens (including phenoxy) is 1. The van der Waals surface area contributed by atoms with Crippen molar-refractivity contribution in [3.63, 3.8) is 0 Å². The molecule has 0 aromatic heterocycles. The van der Waals surface area contributed by atoms with Crippen LogP contribution in [0.5, 0.6) is 0 Å². The maximum absolute atomic E-state index is 11.9.